The molecular weight excluding hydrogens is 402 g/mol. The van der Waals surface area contributed by atoms with Crippen molar-refractivity contribution in [2.24, 2.45) is 5.73 Å². The van der Waals surface area contributed by atoms with Crippen LogP contribution in [0.5, 0.6) is 0 Å². The van der Waals surface area contributed by atoms with Crippen molar-refractivity contribution in [1.82, 2.24) is 14.4 Å². The molecular formula is C25H25N5O2. The average molecular weight is 428 g/mol. The average Bonchev–Trinajstić information content (AvgIpc) is 2.96. The highest BCUT2D eigenvalue weighted by atomic mass is 16.5. The number of aromatic nitrogens is 3. The highest BCUT2D eigenvalue weighted by molar-refractivity contribution is 6.00. The molecule has 0 saturated carbocycles. The molecule has 7 nitrogen and oxygen atoms in total. The number of anilines is 1. The van der Waals surface area contributed by atoms with E-state index in [1.54, 1.807) is 6.07 Å². The van der Waals surface area contributed by atoms with Crippen LogP contribution in [0.3, 0.4) is 0 Å². The summed E-state index contributed by atoms with van der Waals surface area (Å²) in [6, 6.07) is 15.8. The Balaban J connectivity index is 1.63. The van der Waals surface area contributed by atoms with Gasteiger partial charge in [0.15, 0.2) is 5.82 Å². The second kappa shape index (κ2) is 8.43. The van der Waals surface area contributed by atoms with E-state index in [4.69, 9.17) is 20.4 Å². The number of rotatable bonds is 5. The largest absolute Gasteiger partial charge is 0.377 e. The summed E-state index contributed by atoms with van der Waals surface area (Å²) in [6.45, 7) is 3.86. The molecule has 1 aromatic carbocycles. The van der Waals surface area contributed by atoms with Gasteiger partial charge in [0.1, 0.15) is 5.82 Å². The molecule has 32 heavy (non-hydrogen) atoms. The standard InChI is InChI=1S/C25H25N5O2/c1-16-13-21-18(23(26)31)9-5-11-30(21)22(16)25-28-20-10-6-12-32-15-19(20)24(29-25)27-14-17-7-3-2-4-8-17/h2-5,7-9,11,13H,6,10,12,14-15H2,1H3,(H2,26,31)(H,27,28,29). The second-order valence-electron chi connectivity index (χ2n) is 8.03. The van der Waals surface area contributed by atoms with Crippen LogP contribution in [0.4, 0.5) is 5.82 Å². The van der Waals surface area contributed by atoms with Gasteiger partial charge < -0.3 is 20.2 Å². The number of carbonyl (C=O) groups is 1. The Bertz CT molecular complexity index is 1300. The number of nitrogens with zero attached hydrogens (tertiary/aromatic N) is 3. The Morgan fingerprint density at radius 3 is 2.84 bits per heavy atom. The number of hydrogen-bond acceptors (Lipinski definition) is 5. The molecule has 0 radical (unpaired) electrons. The molecule has 3 N–H and O–H groups in total. The van der Waals surface area contributed by atoms with Gasteiger partial charge in [-0.2, -0.15) is 0 Å². The van der Waals surface area contributed by atoms with Crippen molar-refractivity contribution >= 4 is 17.2 Å². The first kappa shape index (κ1) is 20.2. The molecule has 0 aliphatic carbocycles. The van der Waals surface area contributed by atoms with Crippen molar-refractivity contribution in [3.8, 4) is 11.5 Å². The van der Waals surface area contributed by atoms with Crippen LogP contribution in [-0.4, -0.2) is 26.9 Å². The minimum Gasteiger partial charge on any atom is -0.377 e. The lowest BCUT2D eigenvalue weighted by molar-refractivity contribution is 0.100. The van der Waals surface area contributed by atoms with Gasteiger partial charge in [0, 0.05) is 24.9 Å². The fraction of sp³-hybridized carbons (Fsp3) is 0.240. The van der Waals surface area contributed by atoms with Crippen LogP contribution in [-0.2, 0) is 24.3 Å². The molecule has 0 unspecified atom stereocenters. The number of carbonyl (C=O) groups excluding carboxylic acids is 1. The first-order valence-electron chi connectivity index (χ1n) is 10.8. The van der Waals surface area contributed by atoms with Gasteiger partial charge in [-0.1, -0.05) is 30.3 Å². The first-order valence-corrected chi connectivity index (χ1v) is 10.8. The highest BCUT2D eigenvalue weighted by Crippen LogP contribution is 2.30. The number of nitrogens with two attached hydrogens (primary N) is 1. The molecule has 1 amide bonds. The molecule has 0 fully saturated rings. The third kappa shape index (κ3) is 3.71. The summed E-state index contributed by atoms with van der Waals surface area (Å²) < 4.78 is 7.75. The summed E-state index contributed by atoms with van der Waals surface area (Å²) in [5.74, 6) is 0.960. The van der Waals surface area contributed by atoms with Crippen LogP contribution < -0.4 is 11.1 Å². The lowest BCUT2D eigenvalue weighted by Crippen LogP contribution is -2.13. The van der Waals surface area contributed by atoms with E-state index in [-0.39, 0.29) is 0 Å². The number of benzene rings is 1. The van der Waals surface area contributed by atoms with Crippen molar-refractivity contribution in [2.45, 2.75) is 32.9 Å². The maximum absolute atomic E-state index is 11.9. The van der Waals surface area contributed by atoms with Gasteiger partial charge in [0.25, 0.3) is 5.91 Å². The van der Waals surface area contributed by atoms with Crippen molar-refractivity contribution in [3.63, 3.8) is 0 Å². The van der Waals surface area contributed by atoms with E-state index in [0.29, 0.717) is 31.1 Å². The maximum Gasteiger partial charge on any atom is 0.250 e. The zero-order chi connectivity index (χ0) is 22.1. The van der Waals surface area contributed by atoms with Crippen LogP contribution >= 0.6 is 0 Å². The molecule has 0 spiro atoms. The second-order valence-corrected chi connectivity index (χ2v) is 8.03. The van der Waals surface area contributed by atoms with E-state index < -0.39 is 5.91 Å². The van der Waals surface area contributed by atoms with Crippen molar-refractivity contribution in [1.29, 1.82) is 0 Å². The zero-order valence-corrected chi connectivity index (χ0v) is 18.0. The third-order valence-electron chi connectivity index (χ3n) is 5.82. The van der Waals surface area contributed by atoms with Crippen molar-refractivity contribution < 1.29 is 9.53 Å². The zero-order valence-electron chi connectivity index (χ0n) is 18.0. The van der Waals surface area contributed by atoms with Crippen LogP contribution in [0.25, 0.3) is 17.0 Å². The summed E-state index contributed by atoms with van der Waals surface area (Å²) in [5, 5.41) is 3.50. The number of aryl methyl sites for hydroxylation is 2. The lowest BCUT2D eigenvalue weighted by atomic mass is 10.1. The van der Waals surface area contributed by atoms with E-state index in [9.17, 15) is 4.79 Å². The quantitative estimate of drug-likeness (QED) is 0.504. The van der Waals surface area contributed by atoms with Gasteiger partial charge in [0.05, 0.1) is 29.1 Å². The Labute approximate surface area is 186 Å². The molecule has 162 valence electrons. The fourth-order valence-electron chi connectivity index (χ4n) is 4.26. The van der Waals surface area contributed by atoms with E-state index in [1.165, 1.54) is 5.56 Å². The van der Waals surface area contributed by atoms with Gasteiger partial charge in [-0.05, 0) is 49.1 Å². The number of hydrogen-bond donors (Lipinski definition) is 2. The Morgan fingerprint density at radius 2 is 2.03 bits per heavy atom. The molecule has 0 saturated heterocycles. The Kier molecular flexibility index (Phi) is 5.33. The molecule has 4 heterocycles. The van der Waals surface area contributed by atoms with Crippen LogP contribution in [0.15, 0.2) is 54.7 Å². The molecule has 1 aliphatic heterocycles. The number of nitrogens with one attached hydrogen (secondary N) is 1. The molecule has 7 heteroatoms. The number of ether oxygens (including phenoxy) is 1. The molecule has 1 aliphatic rings. The van der Waals surface area contributed by atoms with Gasteiger partial charge in [-0.15, -0.1) is 0 Å². The number of amides is 1. The van der Waals surface area contributed by atoms with Crippen molar-refractivity contribution in [3.05, 3.63) is 82.7 Å². The van der Waals surface area contributed by atoms with Gasteiger partial charge >= 0.3 is 0 Å². The van der Waals surface area contributed by atoms with Crippen molar-refractivity contribution in [2.75, 3.05) is 11.9 Å². The van der Waals surface area contributed by atoms with Gasteiger partial charge in [-0.25, -0.2) is 9.97 Å². The SMILES string of the molecule is Cc1cc2c(C(N)=O)cccn2c1-c1nc2c(c(NCc3ccccc3)n1)COCCC2. The summed E-state index contributed by atoms with van der Waals surface area (Å²) in [5.41, 5.74) is 11.9. The van der Waals surface area contributed by atoms with E-state index in [0.717, 1.165) is 46.7 Å². The predicted molar refractivity (Wildman–Crippen MR) is 123 cm³/mol. The highest BCUT2D eigenvalue weighted by Gasteiger charge is 2.21. The summed E-state index contributed by atoms with van der Waals surface area (Å²) in [6.07, 6.45) is 3.67. The van der Waals surface area contributed by atoms with Gasteiger partial charge in [-0.3, -0.25) is 4.79 Å². The van der Waals surface area contributed by atoms with Crippen LogP contribution in [0.2, 0.25) is 0 Å². The third-order valence-corrected chi connectivity index (χ3v) is 5.82. The molecule has 5 rings (SSSR count). The minimum absolute atomic E-state index is 0.454. The predicted octanol–water partition coefficient (Wildman–Crippen LogP) is 3.88. The normalized spacial score (nSPS) is 13.5. The van der Waals surface area contributed by atoms with E-state index in [2.05, 4.69) is 17.4 Å². The summed E-state index contributed by atoms with van der Waals surface area (Å²) in [7, 11) is 0. The molecule has 0 atom stereocenters. The Hall–Kier alpha value is -3.71. The first-order chi connectivity index (χ1) is 15.6. The molecule has 3 aromatic heterocycles. The van der Waals surface area contributed by atoms with Crippen LogP contribution in [0.1, 0.15) is 39.2 Å². The fourth-order valence-corrected chi connectivity index (χ4v) is 4.26. The smallest absolute Gasteiger partial charge is 0.250 e. The maximum atomic E-state index is 11.9. The molecule has 0 bridgehead atoms. The number of pyridine rings is 1. The Morgan fingerprint density at radius 1 is 1.19 bits per heavy atom. The molecule has 4 aromatic rings. The number of primary amides is 1. The van der Waals surface area contributed by atoms with Gasteiger partial charge in [0.2, 0.25) is 0 Å². The summed E-state index contributed by atoms with van der Waals surface area (Å²) in [4.78, 5) is 21.8. The minimum atomic E-state index is -0.454. The monoisotopic (exact) mass is 427 g/mol. The van der Waals surface area contributed by atoms with E-state index in [1.807, 2.05) is 47.9 Å². The van der Waals surface area contributed by atoms with Crippen LogP contribution in [0, 0.1) is 6.92 Å². The summed E-state index contributed by atoms with van der Waals surface area (Å²) >= 11 is 0. The number of fused-ring (bicyclic) bond motifs is 2. The lowest BCUT2D eigenvalue weighted by Gasteiger charge is -2.15. The van der Waals surface area contributed by atoms with E-state index >= 15 is 0 Å². The topological polar surface area (TPSA) is 94.5 Å².